The molecule has 0 fully saturated rings. The Morgan fingerprint density at radius 3 is 2.40 bits per heavy atom. The Kier molecular flexibility index (Phi) is 6.41. The molecule has 3 rings (SSSR count). The summed E-state index contributed by atoms with van der Waals surface area (Å²) >= 11 is 3.46. The van der Waals surface area contributed by atoms with Gasteiger partial charge in [0.1, 0.15) is 0 Å². The highest BCUT2D eigenvalue weighted by Crippen LogP contribution is 2.28. The van der Waals surface area contributed by atoms with Crippen LogP contribution in [-0.4, -0.2) is 26.8 Å². The number of halogens is 1. The minimum atomic E-state index is -0.841. The van der Waals surface area contributed by atoms with Crippen LogP contribution in [0.2, 0.25) is 0 Å². The highest BCUT2D eigenvalue weighted by Gasteiger charge is 2.24. The molecular weight excluding hydrogens is 446 g/mol. The number of carboxylic acids is 1. The quantitative estimate of drug-likeness (QED) is 0.519. The Morgan fingerprint density at radius 2 is 1.80 bits per heavy atom. The number of rotatable bonds is 6. The predicted octanol–water partition coefficient (Wildman–Crippen LogP) is 5.20. The van der Waals surface area contributed by atoms with Gasteiger partial charge in [0.2, 0.25) is 0 Å². The van der Waals surface area contributed by atoms with Crippen molar-refractivity contribution in [3.63, 3.8) is 0 Å². The third-order valence-electron chi connectivity index (χ3n) is 4.62. The fourth-order valence-electron chi connectivity index (χ4n) is 3.05. The number of aliphatic carboxylic acids is 1. The molecule has 3 aromatic rings. The van der Waals surface area contributed by atoms with Gasteiger partial charge in [-0.2, -0.15) is 5.10 Å². The Balaban J connectivity index is 1.85. The van der Waals surface area contributed by atoms with E-state index in [-0.39, 0.29) is 17.7 Å². The van der Waals surface area contributed by atoms with Crippen molar-refractivity contribution in [2.45, 2.75) is 39.0 Å². The highest BCUT2D eigenvalue weighted by atomic mass is 79.9. The maximum absolute atomic E-state index is 12.9. The molecule has 1 heterocycles. The maximum atomic E-state index is 12.9. The van der Waals surface area contributed by atoms with Crippen molar-refractivity contribution in [3.05, 3.63) is 76.0 Å². The fourth-order valence-corrected chi connectivity index (χ4v) is 3.57. The molecule has 6 nitrogen and oxygen atoms in total. The molecule has 0 aliphatic heterocycles. The second kappa shape index (κ2) is 8.83. The summed E-state index contributed by atoms with van der Waals surface area (Å²) < 4.78 is 2.50. The van der Waals surface area contributed by atoms with Crippen molar-refractivity contribution < 1.29 is 14.7 Å². The SMILES string of the molecule is CC(C)(C)c1cc(C(=O)Nc2ccc(CCC(=O)O)cc2Br)nn1-c1ccccc1. The van der Waals surface area contributed by atoms with Crippen LogP contribution in [0.4, 0.5) is 5.69 Å². The van der Waals surface area contributed by atoms with Gasteiger partial charge in [0.25, 0.3) is 5.91 Å². The van der Waals surface area contributed by atoms with E-state index >= 15 is 0 Å². The zero-order chi connectivity index (χ0) is 21.9. The van der Waals surface area contributed by atoms with Crippen LogP contribution in [0.15, 0.2) is 59.1 Å². The van der Waals surface area contributed by atoms with E-state index in [0.717, 1.165) is 16.9 Å². The first-order valence-corrected chi connectivity index (χ1v) is 10.4. The van der Waals surface area contributed by atoms with Gasteiger partial charge in [-0.1, -0.05) is 45.0 Å². The average molecular weight is 470 g/mol. The minimum absolute atomic E-state index is 0.0602. The Bertz CT molecular complexity index is 1070. The predicted molar refractivity (Wildman–Crippen MR) is 120 cm³/mol. The number of aryl methyl sites for hydroxylation is 1. The zero-order valence-electron chi connectivity index (χ0n) is 17.1. The fraction of sp³-hybridized carbons (Fsp3) is 0.261. The van der Waals surface area contributed by atoms with Crippen LogP contribution in [0.25, 0.3) is 5.69 Å². The molecule has 0 saturated heterocycles. The third kappa shape index (κ3) is 5.16. The number of amides is 1. The molecule has 0 radical (unpaired) electrons. The van der Waals surface area contributed by atoms with Crippen LogP contribution in [0.3, 0.4) is 0 Å². The number of carbonyl (C=O) groups excluding carboxylic acids is 1. The molecule has 1 aromatic heterocycles. The summed E-state index contributed by atoms with van der Waals surface area (Å²) in [5.74, 6) is -1.15. The van der Waals surface area contributed by atoms with Gasteiger partial charge in [-0.15, -0.1) is 0 Å². The first-order valence-electron chi connectivity index (χ1n) is 9.62. The molecule has 7 heteroatoms. The lowest BCUT2D eigenvalue weighted by Crippen LogP contribution is -2.17. The van der Waals surface area contributed by atoms with Gasteiger partial charge in [0.15, 0.2) is 5.69 Å². The highest BCUT2D eigenvalue weighted by molar-refractivity contribution is 9.10. The number of carboxylic acid groups (broad SMARTS) is 1. The van der Waals surface area contributed by atoms with E-state index in [4.69, 9.17) is 5.11 Å². The molecule has 2 N–H and O–H groups in total. The van der Waals surface area contributed by atoms with E-state index in [1.165, 1.54) is 0 Å². The van der Waals surface area contributed by atoms with E-state index in [9.17, 15) is 9.59 Å². The smallest absolute Gasteiger partial charge is 0.303 e. The monoisotopic (exact) mass is 469 g/mol. The lowest BCUT2D eigenvalue weighted by atomic mass is 9.91. The summed E-state index contributed by atoms with van der Waals surface area (Å²) in [6.07, 6.45) is 0.489. The van der Waals surface area contributed by atoms with Crippen LogP contribution in [0.1, 0.15) is 48.9 Å². The van der Waals surface area contributed by atoms with Crippen molar-refractivity contribution in [1.29, 1.82) is 0 Å². The molecule has 0 atom stereocenters. The summed E-state index contributed by atoms with van der Waals surface area (Å²) in [7, 11) is 0. The zero-order valence-corrected chi connectivity index (χ0v) is 18.7. The summed E-state index contributed by atoms with van der Waals surface area (Å²) in [4.78, 5) is 23.7. The average Bonchev–Trinajstić information content (AvgIpc) is 3.15. The standard InChI is InChI=1S/C23H24BrN3O3/c1-23(2,3)20-14-19(26-27(20)16-7-5-4-6-8-16)22(30)25-18-11-9-15(13-17(18)24)10-12-21(28)29/h4-9,11,13-14H,10,12H2,1-3H3,(H,25,30)(H,28,29). The Hall–Kier alpha value is -2.93. The summed E-state index contributed by atoms with van der Waals surface area (Å²) in [6, 6.07) is 16.9. The molecular formula is C23H24BrN3O3. The van der Waals surface area contributed by atoms with Crippen LogP contribution >= 0.6 is 15.9 Å². The van der Waals surface area contributed by atoms with Crippen LogP contribution in [0.5, 0.6) is 0 Å². The van der Waals surface area contributed by atoms with E-state index in [0.29, 0.717) is 22.3 Å². The van der Waals surface area contributed by atoms with Crippen molar-refractivity contribution in [2.75, 3.05) is 5.32 Å². The first kappa shape index (κ1) is 21.8. The molecule has 30 heavy (non-hydrogen) atoms. The van der Waals surface area contributed by atoms with Crippen LogP contribution in [0, 0.1) is 0 Å². The number of anilines is 1. The van der Waals surface area contributed by atoms with Gasteiger partial charge in [-0.25, -0.2) is 4.68 Å². The number of para-hydroxylation sites is 1. The topological polar surface area (TPSA) is 84.2 Å². The number of nitrogens with one attached hydrogen (secondary N) is 1. The molecule has 0 unspecified atom stereocenters. The number of nitrogens with zero attached hydrogens (tertiary/aromatic N) is 2. The van der Waals surface area contributed by atoms with Crippen LogP contribution < -0.4 is 5.32 Å². The van der Waals surface area contributed by atoms with Gasteiger partial charge >= 0.3 is 5.97 Å². The molecule has 0 aliphatic rings. The summed E-state index contributed by atoms with van der Waals surface area (Å²) in [5, 5.41) is 16.3. The van der Waals surface area contributed by atoms with E-state index in [1.54, 1.807) is 10.7 Å². The molecule has 0 aliphatic carbocycles. The number of hydrogen-bond donors (Lipinski definition) is 2. The molecule has 0 saturated carbocycles. The van der Waals surface area contributed by atoms with Gasteiger partial charge in [-0.05, 0) is 58.2 Å². The number of aromatic nitrogens is 2. The van der Waals surface area contributed by atoms with E-state index < -0.39 is 5.97 Å². The van der Waals surface area contributed by atoms with Gasteiger partial charge < -0.3 is 10.4 Å². The minimum Gasteiger partial charge on any atom is -0.481 e. The van der Waals surface area contributed by atoms with Gasteiger partial charge in [0.05, 0.1) is 17.1 Å². The second-order valence-electron chi connectivity index (χ2n) is 8.07. The number of benzene rings is 2. The summed E-state index contributed by atoms with van der Waals surface area (Å²) in [6.45, 7) is 6.24. The van der Waals surface area contributed by atoms with Gasteiger partial charge in [-0.3, -0.25) is 9.59 Å². The van der Waals surface area contributed by atoms with Crippen molar-refractivity contribution >= 4 is 33.5 Å². The van der Waals surface area contributed by atoms with E-state index in [1.807, 2.05) is 48.5 Å². The summed E-state index contributed by atoms with van der Waals surface area (Å²) in [5.41, 5.74) is 3.43. The normalized spacial score (nSPS) is 11.3. The lowest BCUT2D eigenvalue weighted by molar-refractivity contribution is -0.136. The van der Waals surface area contributed by atoms with Crippen molar-refractivity contribution in [2.24, 2.45) is 0 Å². The largest absolute Gasteiger partial charge is 0.481 e. The number of hydrogen-bond acceptors (Lipinski definition) is 3. The molecule has 1 amide bonds. The molecule has 0 spiro atoms. The number of carbonyl (C=O) groups is 2. The van der Waals surface area contributed by atoms with Gasteiger partial charge in [0, 0.05) is 16.3 Å². The Labute approximate surface area is 184 Å². The molecule has 2 aromatic carbocycles. The first-order chi connectivity index (χ1) is 14.1. The lowest BCUT2D eigenvalue weighted by Gasteiger charge is -2.20. The second-order valence-corrected chi connectivity index (χ2v) is 8.93. The Morgan fingerprint density at radius 1 is 1.10 bits per heavy atom. The molecule has 0 bridgehead atoms. The third-order valence-corrected chi connectivity index (χ3v) is 5.28. The molecule has 156 valence electrons. The maximum Gasteiger partial charge on any atom is 0.303 e. The van der Waals surface area contributed by atoms with Crippen LogP contribution in [-0.2, 0) is 16.6 Å². The van der Waals surface area contributed by atoms with Crippen molar-refractivity contribution in [3.8, 4) is 5.69 Å². The van der Waals surface area contributed by atoms with E-state index in [2.05, 4.69) is 47.1 Å². The van der Waals surface area contributed by atoms with Crippen molar-refractivity contribution in [1.82, 2.24) is 9.78 Å².